The van der Waals surface area contributed by atoms with Crippen LogP contribution in [0.5, 0.6) is 11.5 Å². The number of carbonyl (C=O) groups is 1. The molecule has 0 bridgehead atoms. The lowest BCUT2D eigenvalue weighted by Crippen LogP contribution is -2.07. The van der Waals surface area contributed by atoms with Gasteiger partial charge in [0.25, 0.3) is 0 Å². The molecule has 1 aromatic rings. The van der Waals surface area contributed by atoms with Crippen LogP contribution in [0.2, 0.25) is 0 Å². The highest BCUT2D eigenvalue weighted by Crippen LogP contribution is 2.18. The van der Waals surface area contributed by atoms with Crippen LogP contribution >= 0.6 is 0 Å². The minimum atomic E-state index is 0.0140. The Balaban J connectivity index is 2.44. The molecule has 0 amide bonds. The lowest BCUT2D eigenvalue weighted by molar-refractivity contribution is -0.118. The fourth-order valence-corrected chi connectivity index (χ4v) is 1.08. The van der Waals surface area contributed by atoms with Crippen LogP contribution in [-0.4, -0.2) is 19.0 Å². The molecule has 0 aliphatic carbocycles. The van der Waals surface area contributed by atoms with Crippen molar-refractivity contribution in [2.24, 2.45) is 5.92 Å². The molecule has 0 heterocycles. The van der Waals surface area contributed by atoms with Gasteiger partial charge in [0.05, 0.1) is 6.61 Å². The monoisotopic (exact) mass is 222 g/mol. The number of Topliss-reactive ketones (excluding diaryl/α,β-unsaturated/α-hetero) is 1. The highest BCUT2D eigenvalue weighted by atomic mass is 16.5. The molecule has 0 unspecified atom stereocenters. The first-order valence-corrected chi connectivity index (χ1v) is 5.43. The second kappa shape index (κ2) is 6.16. The van der Waals surface area contributed by atoms with Gasteiger partial charge in [0.15, 0.2) is 5.78 Å². The average molecular weight is 222 g/mol. The van der Waals surface area contributed by atoms with E-state index in [4.69, 9.17) is 9.47 Å². The predicted molar refractivity (Wildman–Crippen MR) is 63.0 cm³/mol. The third kappa shape index (κ3) is 4.82. The van der Waals surface area contributed by atoms with Gasteiger partial charge in [-0.25, -0.2) is 0 Å². The van der Waals surface area contributed by atoms with E-state index in [1.807, 2.05) is 12.1 Å². The van der Waals surface area contributed by atoms with Gasteiger partial charge in [0, 0.05) is 0 Å². The summed E-state index contributed by atoms with van der Waals surface area (Å²) >= 11 is 0. The predicted octanol–water partition coefficient (Wildman–Crippen LogP) is 2.69. The van der Waals surface area contributed by atoms with Crippen LogP contribution in [0.15, 0.2) is 24.3 Å². The average Bonchev–Trinajstić information content (AvgIpc) is 2.25. The SMILES string of the molecule is CC(=O)COc1ccc(OCC(C)C)cc1. The summed E-state index contributed by atoms with van der Waals surface area (Å²) in [7, 11) is 0. The fraction of sp³-hybridized carbons (Fsp3) is 0.462. The molecule has 0 radical (unpaired) electrons. The topological polar surface area (TPSA) is 35.5 Å². The van der Waals surface area contributed by atoms with Crippen molar-refractivity contribution in [2.75, 3.05) is 13.2 Å². The third-order valence-electron chi connectivity index (χ3n) is 1.85. The Bertz CT molecular complexity index is 328. The van der Waals surface area contributed by atoms with Gasteiger partial charge in [-0.1, -0.05) is 13.8 Å². The van der Waals surface area contributed by atoms with Crippen molar-refractivity contribution < 1.29 is 14.3 Å². The molecule has 0 aliphatic heterocycles. The lowest BCUT2D eigenvalue weighted by Gasteiger charge is -2.09. The van der Waals surface area contributed by atoms with E-state index in [0.29, 0.717) is 18.3 Å². The van der Waals surface area contributed by atoms with Crippen LogP contribution in [0, 0.1) is 5.92 Å². The molecule has 0 aliphatic rings. The Kier molecular flexibility index (Phi) is 4.83. The first-order valence-electron chi connectivity index (χ1n) is 5.43. The quantitative estimate of drug-likeness (QED) is 0.742. The van der Waals surface area contributed by atoms with E-state index in [9.17, 15) is 4.79 Å². The second-order valence-corrected chi connectivity index (χ2v) is 4.17. The van der Waals surface area contributed by atoms with E-state index in [-0.39, 0.29) is 12.4 Å². The first kappa shape index (κ1) is 12.6. The molecule has 0 aromatic heterocycles. The van der Waals surface area contributed by atoms with Crippen molar-refractivity contribution in [1.29, 1.82) is 0 Å². The van der Waals surface area contributed by atoms with Crippen molar-refractivity contribution in [3.05, 3.63) is 24.3 Å². The van der Waals surface area contributed by atoms with Gasteiger partial charge in [0.2, 0.25) is 0 Å². The number of rotatable bonds is 6. The van der Waals surface area contributed by atoms with Crippen molar-refractivity contribution in [1.82, 2.24) is 0 Å². The number of benzene rings is 1. The summed E-state index contributed by atoms with van der Waals surface area (Å²) in [5.74, 6) is 2.03. The number of hydrogen-bond acceptors (Lipinski definition) is 3. The Morgan fingerprint density at radius 2 is 1.62 bits per heavy atom. The maximum atomic E-state index is 10.7. The van der Waals surface area contributed by atoms with Gasteiger partial charge in [-0.15, -0.1) is 0 Å². The smallest absolute Gasteiger partial charge is 0.167 e. The van der Waals surface area contributed by atoms with E-state index in [1.165, 1.54) is 6.92 Å². The van der Waals surface area contributed by atoms with Gasteiger partial charge < -0.3 is 9.47 Å². The maximum Gasteiger partial charge on any atom is 0.167 e. The minimum absolute atomic E-state index is 0.0140. The molecule has 3 heteroatoms. The zero-order valence-corrected chi connectivity index (χ0v) is 10.0. The van der Waals surface area contributed by atoms with Crippen molar-refractivity contribution in [2.45, 2.75) is 20.8 Å². The fourth-order valence-electron chi connectivity index (χ4n) is 1.08. The van der Waals surface area contributed by atoms with Gasteiger partial charge in [-0.2, -0.15) is 0 Å². The van der Waals surface area contributed by atoms with Crippen LogP contribution in [0.3, 0.4) is 0 Å². The molecule has 0 saturated heterocycles. The van der Waals surface area contributed by atoms with Crippen molar-refractivity contribution in [3.8, 4) is 11.5 Å². The number of carbonyl (C=O) groups excluding carboxylic acids is 1. The summed E-state index contributed by atoms with van der Waals surface area (Å²) < 4.78 is 10.8. The molecule has 0 N–H and O–H groups in total. The summed E-state index contributed by atoms with van der Waals surface area (Å²) in [4.78, 5) is 10.7. The molecular formula is C13H18O3. The molecule has 0 saturated carbocycles. The lowest BCUT2D eigenvalue weighted by atomic mass is 10.2. The van der Waals surface area contributed by atoms with Crippen molar-refractivity contribution in [3.63, 3.8) is 0 Å². The van der Waals surface area contributed by atoms with Gasteiger partial charge in [0.1, 0.15) is 18.1 Å². The van der Waals surface area contributed by atoms with Crippen LogP contribution in [0.1, 0.15) is 20.8 Å². The summed E-state index contributed by atoms with van der Waals surface area (Å²) in [6, 6.07) is 7.30. The van der Waals surface area contributed by atoms with Gasteiger partial charge in [-0.05, 0) is 37.1 Å². The van der Waals surface area contributed by atoms with E-state index in [0.717, 1.165) is 5.75 Å². The Morgan fingerprint density at radius 3 is 2.06 bits per heavy atom. The molecule has 88 valence electrons. The van der Waals surface area contributed by atoms with E-state index in [1.54, 1.807) is 12.1 Å². The number of ketones is 1. The van der Waals surface area contributed by atoms with E-state index >= 15 is 0 Å². The number of ether oxygens (including phenoxy) is 2. The van der Waals surface area contributed by atoms with E-state index < -0.39 is 0 Å². The third-order valence-corrected chi connectivity index (χ3v) is 1.85. The maximum absolute atomic E-state index is 10.7. The summed E-state index contributed by atoms with van der Waals surface area (Å²) in [5, 5.41) is 0. The molecule has 0 fully saturated rings. The van der Waals surface area contributed by atoms with Crippen LogP contribution in [-0.2, 0) is 4.79 Å². The first-order chi connectivity index (χ1) is 7.58. The van der Waals surface area contributed by atoms with Crippen molar-refractivity contribution >= 4 is 5.78 Å². The molecule has 1 aromatic carbocycles. The molecule has 1 rings (SSSR count). The number of hydrogen-bond donors (Lipinski definition) is 0. The summed E-state index contributed by atoms with van der Waals surface area (Å²) in [6.45, 7) is 6.52. The molecular weight excluding hydrogens is 204 g/mol. The van der Waals surface area contributed by atoms with E-state index in [2.05, 4.69) is 13.8 Å². The zero-order valence-electron chi connectivity index (χ0n) is 10.0. The van der Waals surface area contributed by atoms with Crippen LogP contribution in [0.4, 0.5) is 0 Å². The van der Waals surface area contributed by atoms with Gasteiger partial charge >= 0.3 is 0 Å². The largest absolute Gasteiger partial charge is 0.493 e. The Hall–Kier alpha value is -1.51. The zero-order chi connectivity index (χ0) is 12.0. The highest BCUT2D eigenvalue weighted by Gasteiger charge is 1.99. The Labute approximate surface area is 96.4 Å². The summed E-state index contributed by atoms with van der Waals surface area (Å²) in [5.41, 5.74) is 0. The minimum Gasteiger partial charge on any atom is -0.493 e. The van der Waals surface area contributed by atoms with Gasteiger partial charge in [-0.3, -0.25) is 4.79 Å². The van der Waals surface area contributed by atoms with Crippen LogP contribution < -0.4 is 9.47 Å². The summed E-state index contributed by atoms with van der Waals surface area (Å²) in [6.07, 6.45) is 0. The highest BCUT2D eigenvalue weighted by molar-refractivity contribution is 5.77. The normalized spacial score (nSPS) is 10.2. The molecule has 3 nitrogen and oxygen atoms in total. The van der Waals surface area contributed by atoms with Crippen LogP contribution in [0.25, 0.3) is 0 Å². The molecule has 0 atom stereocenters. The Morgan fingerprint density at radius 1 is 1.12 bits per heavy atom. The molecule has 16 heavy (non-hydrogen) atoms. The second-order valence-electron chi connectivity index (χ2n) is 4.17. The molecule has 0 spiro atoms. The standard InChI is InChI=1S/C13H18O3/c1-10(2)8-15-12-4-6-13(7-5-12)16-9-11(3)14/h4-7,10H,8-9H2,1-3H3.